The summed E-state index contributed by atoms with van der Waals surface area (Å²) in [4.78, 5) is 23.3. The van der Waals surface area contributed by atoms with E-state index in [9.17, 15) is 20.1 Å². The quantitative estimate of drug-likeness (QED) is 0.484. The monoisotopic (exact) mass is 302 g/mol. The van der Waals surface area contributed by atoms with Gasteiger partial charge in [0.15, 0.2) is 16.9 Å². The number of aromatic nitrogens is 4. The topological polar surface area (TPSA) is 142 Å². The summed E-state index contributed by atoms with van der Waals surface area (Å²) in [5.41, 5.74) is 0.214. The molecule has 2 heterocycles. The first-order valence-electron chi connectivity index (χ1n) is 5.50. The fourth-order valence-electron chi connectivity index (χ4n) is 1.57. The van der Waals surface area contributed by atoms with Crippen molar-refractivity contribution in [1.29, 1.82) is 0 Å². The number of halogens is 1. The third-order valence-electron chi connectivity index (χ3n) is 2.68. The molecule has 9 nitrogen and oxygen atoms in total. The number of imidazole rings is 1. The minimum Gasteiger partial charge on any atom is -0.394 e. The van der Waals surface area contributed by atoms with Gasteiger partial charge in [-0.05, 0) is 0 Å². The minimum absolute atomic E-state index is 0.0342. The lowest BCUT2D eigenvalue weighted by molar-refractivity contribution is -0.0667. The largest absolute Gasteiger partial charge is 0.394 e. The highest BCUT2D eigenvalue weighted by atomic mass is 35.5. The normalized spacial score (nSPS) is 16.1. The highest BCUT2D eigenvalue weighted by molar-refractivity contribution is 6.33. The Morgan fingerprint density at radius 1 is 1.30 bits per heavy atom. The molecular formula is C10H11ClN4O5. The average molecular weight is 303 g/mol. The van der Waals surface area contributed by atoms with Gasteiger partial charge in [0.1, 0.15) is 30.4 Å². The lowest BCUT2D eigenvalue weighted by atomic mass is 10.1. The van der Waals surface area contributed by atoms with E-state index in [1.54, 1.807) is 0 Å². The molecule has 10 heteroatoms. The van der Waals surface area contributed by atoms with Gasteiger partial charge in [0.25, 0.3) is 5.91 Å². The fraction of sp³-hybridized carbons (Fsp3) is 0.400. The van der Waals surface area contributed by atoms with Crippen LogP contribution in [0.15, 0.2) is 12.7 Å². The van der Waals surface area contributed by atoms with Crippen LogP contribution in [0.3, 0.4) is 0 Å². The van der Waals surface area contributed by atoms with Crippen LogP contribution in [0.4, 0.5) is 0 Å². The number of carbonyl (C=O) groups is 1. The van der Waals surface area contributed by atoms with Crippen LogP contribution < -0.4 is 0 Å². The maximum Gasteiger partial charge on any atom is 0.265 e. The number of aliphatic hydroxyl groups is 4. The number of hydrogen-bond donors (Lipinski definition) is 4. The average Bonchev–Trinajstić information content (AvgIpc) is 2.89. The van der Waals surface area contributed by atoms with Crippen LogP contribution in [0.25, 0.3) is 11.2 Å². The summed E-state index contributed by atoms with van der Waals surface area (Å²) >= 11 is 5.77. The molecule has 0 saturated carbocycles. The molecule has 3 atom stereocenters. The van der Waals surface area contributed by atoms with Crippen LogP contribution in [0.2, 0.25) is 5.15 Å². The second-order valence-corrected chi connectivity index (χ2v) is 4.33. The van der Waals surface area contributed by atoms with Gasteiger partial charge in [-0.25, -0.2) is 15.0 Å². The van der Waals surface area contributed by atoms with Crippen molar-refractivity contribution in [2.75, 3.05) is 6.61 Å². The first-order chi connectivity index (χ1) is 9.47. The predicted molar refractivity (Wildman–Crippen MR) is 66.1 cm³/mol. The maximum absolute atomic E-state index is 12.0. The van der Waals surface area contributed by atoms with Gasteiger partial charge in [-0.3, -0.25) is 9.36 Å². The second-order valence-electron chi connectivity index (χ2n) is 3.97. The van der Waals surface area contributed by atoms with E-state index in [0.29, 0.717) is 0 Å². The Kier molecular flexibility index (Phi) is 4.26. The molecule has 0 fully saturated rings. The summed E-state index contributed by atoms with van der Waals surface area (Å²) in [6.07, 6.45) is -3.27. The number of carbonyl (C=O) groups excluding carboxylic acids is 1. The molecule has 0 bridgehead atoms. The van der Waals surface area contributed by atoms with Crippen LogP contribution in [-0.4, -0.2) is 70.8 Å². The van der Waals surface area contributed by atoms with Crippen molar-refractivity contribution in [3.05, 3.63) is 17.8 Å². The van der Waals surface area contributed by atoms with E-state index in [1.165, 1.54) is 0 Å². The van der Waals surface area contributed by atoms with Gasteiger partial charge in [-0.1, -0.05) is 11.6 Å². The Morgan fingerprint density at radius 3 is 2.65 bits per heavy atom. The van der Waals surface area contributed by atoms with Gasteiger partial charge in [0.05, 0.1) is 6.61 Å². The molecule has 2 aromatic heterocycles. The molecule has 0 saturated heterocycles. The number of aliphatic hydroxyl groups excluding tert-OH is 4. The van der Waals surface area contributed by atoms with Gasteiger partial charge < -0.3 is 20.4 Å². The third-order valence-corrected chi connectivity index (χ3v) is 2.96. The van der Waals surface area contributed by atoms with Gasteiger partial charge >= 0.3 is 0 Å². The van der Waals surface area contributed by atoms with Crippen molar-refractivity contribution in [3.8, 4) is 0 Å². The Balaban J connectivity index is 2.34. The van der Waals surface area contributed by atoms with Gasteiger partial charge in [0, 0.05) is 0 Å². The summed E-state index contributed by atoms with van der Waals surface area (Å²) in [6, 6.07) is 0. The summed E-state index contributed by atoms with van der Waals surface area (Å²) in [5, 5.41) is 37.1. The smallest absolute Gasteiger partial charge is 0.265 e. The number of hydrogen-bond acceptors (Lipinski definition) is 8. The van der Waals surface area contributed by atoms with E-state index in [2.05, 4.69) is 15.0 Å². The maximum atomic E-state index is 12.0. The molecule has 0 aliphatic carbocycles. The minimum atomic E-state index is -1.96. The zero-order valence-corrected chi connectivity index (χ0v) is 10.7. The Morgan fingerprint density at radius 2 is 2.00 bits per heavy atom. The van der Waals surface area contributed by atoms with E-state index in [4.69, 9.17) is 16.7 Å². The first-order valence-corrected chi connectivity index (χ1v) is 5.88. The van der Waals surface area contributed by atoms with Gasteiger partial charge in [-0.2, -0.15) is 0 Å². The Bertz CT molecular complexity index is 633. The molecule has 2 aromatic rings. The molecule has 4 N–H and O–H groups in total. The number of rotatable bonds is 4. The van der Waals surface area contributed by atoms with Crippen molar-refractivity contribution >= 4 is 28.7 Å². The first kappa shape index (κ1) is 14.8. The summed E-state index contributed by atoms with van der Waals surface area (Å²) < 4.78 is 0.876. The van der Waals surface area contributed by atoms with E-state index >= 15 is 0 Å². The van der Waals surface area contributed by atoms with Crippen molar-refractivity contribution in [2.24, 2.45) is 0 Å². The van der Waals surface area contributed by atoms with Crippen LogP contribution >= 0.6 is 11.6 Å². The second kappa shape index (κ2) is 5.77. The van der Waals surface area contributed by atoms with E-state index in [0.717, 1.165) is 17.2 Å². The third kappa shape index (κ3) is 2.49. The zero-order chi connectivity index (χ0) is 14.9. The molecule has 0 aliphatic heterocycles. The highest BCUT2D eigenvalue weighted by Crippen LogP contribution is 2.17. The van der Waals surface area contributed by atoms with E-state index in [-0.39, 0.29) is 16.3 Å². The van der Waals surface area contributed by atoms with E-state index in [1.807, 2.05) is 0 Å². The van der Waals surface area contributed by atoms with Gasteiger partial charge in [-0.15, -0.1) is 0 Å². The summed E-state index contributed by atoms with van der Waals surface area (Å²) in [5.74, 6) is -0.970. The predicted octanol–water partition coefficient (Wildman–Crippen LogP) is -1.81. The SMILES string of the molecule is O=C([C@H](O)[C@H](O)[C@H](O)CO)n1cnc2c(Cl)ncnc21. The molecule has 2 rings (SSSR count). The molecular weight excluding hydrogens is 292 g/mol. The van der Waals surface area contributed by atoms with Crippen molar-refractivity contribution < 1.29 is 25.2 Å². The lowest BCUT2D eigenvalue weighted by Gasteiger charge is -2.20. The fourth-order valence-corrected chi connectivity index (χ4v) is 1.75. The summed E-state index contributed by atoms with van der Waals surface area (Å²) in [7, 11) is 0. The molecule has 0 aromatic carbocycles. The molecule has 0 aliphatic rings. The molecule has 0 spiro atoms. The molecule has 0 radical (unpaired) electrons. The zero-order valence-electron chi connectivity index (χ0n) is 9.96. The van der Waals surface area contributed by atoms with Crippen molar-refractivity contribution in [3.63, 3.8) is 0 Å². The van der Waals surface area contributed by atoms with Crippen molar-refractivity contribution in [1.82, 2.24) is 19.5 Å². The Labute approximate surface area is 117 Å². The molecule has 0 unspecified atom stereocenters. The highest BCUT2D eigenvalue weighted by Gasteiger charge is 2.32. The lowest BCUT2D eigenvalue weighted by Crippen LogP contribution is -2.45. The van der Waals surface area contributed by atoms with Crippen LogP contribution in [-0.2, 0) is 0 Å². The number of fused-ring (bicyclic) bond motifs is 1. The van der Waals surface area contributed by atoms with E-state index < -0.39 is 30.8 Å². The molecule has 20 heavy (non-hydrogen) atoms. The van der Waals surface area contributed by atoms with Crippen molar-refractivity contribution in [2.45, 2.75) is 18.3 Å². The summed E-state index contributed by atoms with van der Waals surface area (Å²) in [6.45, 7) is -0.801. The molecule has 108 valence electrons. The Hall–Kier alpha value is -1.65. The molecule has 0 amide bonds. The van der Waals surface area contributed by atoms with Gasteiger partial charge in [0.2, 0.25) is 0 Å². The standard InChI is InChI=1S/C10H11ClN4O5/c11-8-5-9(13-2-12-8)15(3-14-5)10(20)7(19)6(18)4(17)1-16/h2-4,6-7,16-19H,1H2/t4-,6-,7-/m1/s1. The number of nitrogens with zero attached hydrogens (tertiary/aromatic N) is 4. The van der Waals surface area contributed by atoms with Crippen LogP contribution in [0.5, 0.6) is 0 Å². The van der Waals surface area contributed by atoms with Crippen LogP contribution in [0, 0.1) is 0 Å². The van der Waals surface area contributed by atoms with Crippen LogP contribution in [0.1, 0.15) is 4.79 Å².